The lowest BCUT2D eigenvalue weighted by Crippen LogP contribution is -2.36. The Morgan fingerprint density at radius 1 is 1.19 bits per heavy atom. The van der Waals surface area contributed by atoms with Gasteiger partial charge in [-0.3, -0.25) is 19.7 Å². The van der Waals surface area contributed by atoms with Gasteiger partial charge in [0, 0.05) is 24.8 Å². The fourth-order valence-corrected chi connectivity index (χ4v) is 4.15. The first-order valence-corrected chi connectivity index (χ1v) is 10.1. The molecule has 31 heavy (non-hydrogen) atoms. The second kappa shape index (κ2) is 8.31. The maximum absolute atomic E-state index is 13.0. The van der Waals surface area contributed by atoms with Crippen LogP contribution in [0.2, 0.25) is 0 Å². The molecule has 0 radical (unpaired) electrons. The number of nitrogens with zero attached hydrogens (tertiary/aromatic N) is 2. The number of rotatable bonds is 5. The second-order valence-corrected chi connectivity index (χ2v) is 7.77. The first-order chi connectivity index (χ1) is 14.9. The van der Waals surface area contributed by atoms with Crippen LogP contribution in [0.25, 0.3) is 5.76 Å². The number of carbonyl (C=O) groups is 2. The first kappa shape index (κ1) is 20.7. The summed E-state index contributed by atoms with van der Waals surface area (Å²) >= 11 is 0. The van der Waals surface area contributed by atoms with E-state index in [2.05, 4.69) is 0 Å². The number of hydrogen-bond donors (Lipinski definition) is 1. The van der Waals surface area contributed by atoms with Crippen LogP contribution in [0, 0.1) is 17.0 Å². The standard InChI is InChI=1S/C23H22N2O6/c1-14-8-10-15(11-9-14)21(26)19-20(17-6-2-3-7-18(17)25(29)30)24(23(28)22(19)27)13-16-5-4-12-31-16/h2-3,6-11,16,20,26H,4-5,12-13H2,1H3. The smallest absolute Gasteiger partial charge is 0.295 e. The molecule has 0 aromatic heterocycles. The number of ether oxygens (including phenoxy) is 1. The molecule has 8 nitrogen and oxygen atoms in total. The van der Waals surface area contributed by atoms with Gasteiger partial charge in [-0.15, -0.1) is 0 Å². The van der Waals surface area contributed by atoms with Gasteiger partial charge in [-0.2, -0.15) is 0 Å². The average Bonchev–Trinajstić information content (AvgIpc) is 3.36. The van der Waals surface area contributed by atoms with Crippen LogP contribution in [0.5, 0.6) is 0 Å². The molecule has 2 heterocycles. The van der Waals surface area contributed by atoms with Gasteiger partial charge in [-0.1, -0.05) is 42.0 Å². The number of para-hydroxylation sites is 1. The summed E-state index contributed by atoms with van der Waals surface area (Å²) in [6.45, 7) is 2.57. The Balaban J connectivity index is 1.89. The zero-order valence-corrected chi connectivity index (χ0v) is 17.0. The number of nitro benzene ring substituents is 1. The van der Waals surface area contributed by atoms with E-state index in [1.165, 1.54) is 23.1 Å². The molecule has 0 saturated carbocycles. The SMILES string of the molecule is Cc1ccc(C(O)=C2C(=O)C(=O)N(CC3CCCO3)C2c2ccccc2[N+](=O)[O-])cc1. The lowest BCUT2D eigenvalue weighted by molar-refractivity contribution is -0.385. The average molecular weight is 422 g/mol. The number of aliphatic hydroxyl groups is 1. The highest BCUT2D eigenvalue weighted by molar-refractivity contribution is 6.46. The Bertz CT molecular complexity index is 1070. The van der Waals surface area contributed by atoms with Crippen molar-refractivity contribution in [3.05, 3.63) is 80.9 Å². The number of ketones is 1. The molecule has 2 fully saturated rings. The van der Waals surface area contributed by atoms with Gasteiger partial charge in [-0.25, -0.2) is 0 Å². The highest BCUT2D eigenvalue weighted by Gasteiger charge is 2.48. The number of amides is 1. The molecular formula is C23H22N2O6. The Morgan fingerprint density at radius 2 is 1.90 bits per heavy atom. The maximum Gasteiger partial charge on any atom is 0.295 e. The predicted molar refractivity (Wildman–Crippen MR) is 112 cm³/mol. The number of nitro groups is 1. The molecule has 1 N–H and O–H groups in total. The van der Waals surface area contributed by atoms with Gasteiger partial charge in [-0.05, 0) is 25.8 Å². The van der Waals surface area contributed by atoms with Crippen LogP contribution < -0.4 is 0 Å². The van der Waals surface area contributed by atoms with E-state index in [4.69, 9.17) is 4.74 Å². The van der Waals surface area contributed by atoms with E-state index in [1.807, 2.05) is 6.92 Å². The largest absolute Gasteiger partial charge is 0.507 e. The van der Waals surface area contributed by atoms with Crippen molar-refractivity contribution in [2.24, 2.45) is 0 Å². The summed E-state index contributed by atoms with van der Waals surface area (Å²) in [4.78, 5) is 38.4. The molecule has 0 aliphatic carbocycles. The van der Waals surface area contributed by atoms with E-state index in [0.717, 1.165) is 18.4 Å². The first-order valence-electron chi connectivity index (χ1n) is 10.1. The molecule has 2 atom stereocenters. The van der Waals surface area contributed by atoms with Crippen molar-refractivity contribution in [3.63, 3.8) is 0 Å². The topological polar surface area (TPSA) is 110 Å². The highest BCUT2D eigenvalue weighted by Crippen LogP contribution is 2.43. The molecule has 2 aromatic carbocycles. The maximum atomic E-state index is 13.0. The summed E-state index contributed by atoms with van der Waals surface area (Å²) in [5, 5.41) is 22.7. The van der Waals surface area contributed by atoms with Crippen LogP contribution in [-0.4, -0.2) is 45.9 Å². The van der Waals surface area contributed by atoms with E-state index in [-0.39, 0.29) is 35.2 Å². The van der Waals surface area contributed by atoms with E-state index < -0.39 is 22.7 Å². The fourth-order valence-electron chi connectivity index (χ4n) is 4.15. The summed E-state index contributed by atoms with van der Waals surface area (Å²) in [6.07, 6.45) is 1.31. The third-order valence-corrected chi connectivity index (χ3v) is 5.72. The number of aryl methyl sites for hydroxylation is 1. The van der Waals surface area contributed by atoms with Crippen LogP contribution in [0.3, 0.4) is 0 Å². The third-order valence-electron chi connectivity index (χ3n) is 5.72. The van der Waals surface area contributed by atoms with Crippen molar-refractivity contribution in [3.8, 4) is 0 Å². The van der Waals surface area contributed by atoms with Crippen molar-refractivity contribution in [1.82, 2.24) is 4.90 Å². The van der Waals surface area contributed by atoms with Crippen LogP contribution in [0.1, 0.15) is 35.6 Å². The van der Waals surface area contributed by atoms with Crippen LogP contribution in [-0.2, 0) is 14.3 Å². The van der Waals surface area contributed by atoms with Gasteiger partial charge >= 0.3 is 0 Å². The zero-order chi connectivity index (χ0) is 22.1. The summed E-state index contributed by atoms with van der Waals surface area (Å²) in [6, 6.07) is 11.7. The minimum absolute atomic E-state index is 0.117. The molecule has 160 valence electrons. The molecule has 2 unspecified atom stereocenters. The summed E-state index contributed by atoms with van der Waals surface area (Å²) in [7, 11) is 0. The Hall–Kier alpha value is -3.52. The van der Waals surface area contributed by atoms with Gasteiger partial charge in [0.2, 0.25) is 0 Å². The lowest BCUT2D eigenvalue weighted by atomic mass is 9.94. The van der Waals surface area contributed by atoms with Gasteiger partial charge in [0.15, 0.2) is 0 Å². The Morgan fingerprint density at radius 3 is 2.55 bits per heavy atom. The third kappa shape index (κ3) is 3.82. The normalized spacial score (nSPS) is 22.8. The van der Waals surface area contributed by atoms with E-state index in [9.17, 15) is 24.8 Å². The fraction of sp³-hybridized carbons (Fsp3) is 0.304. The van der Waals surface area contributed by atoms with Gasteiger partial charge in [0.25, 0.3) is 17.4 Å². The van der Waals surface area contributed by atoms with Crippen LogP contribution in [0.15, 0.2) is 54.1 Å². The molecule has 2 saturated heterocycles. The molecular weight excluding hydrogens is 400 g/mol. The summed E-state index contributed by atoms with van der Waals surface area (Å²) < 4.78 is 5.64. The molecule has 2 aliphatic rings. The van der Waals surface area contributed by atoms with E-state index >= 15 is 0 Å². The summed E-state index contributed by atoms with van der Waals surface area (Å²) in [5.74, 6) is -2.01. The number of aliphatic hydroxyl groups excluding tert-OH is 1. The van der Waals surface area contributed by atoms with Gasteiger partial charge < -0.3 is 14.7 Å². The van der Waals surface area contributed by atoms with Crippen molar-refractivity contribution in [2.45, 2.75) is 31.9 Å². The van der Waals surface area contributed by atoms with Gasteiger partial charge in [0.1, 0.15) is 5.76 Å². The molecule has 8 heteroatoms. The minimum atomic E-state index is -1.08. The lowest BCUT2D eigenvalue weighted by Gasteiger charge is -2.27. The number of likely N-dealkylation sites (tertiary alicyclic amines) is 1. The minimum Gasteiger partial charge on any atom is -0.507 e. The summed E-state index contributed by atoms with van der Waals surface area (Å²) in [5.41, 5.74) is 1.14. The molecule has 2 aliphatic heterocycles. The van der Waals surface area contributed by atoms with Crippen molar-refractivity contribution in [2.75, 3.05) is 13.2 Å². The molecule has 1 amide bonds. The monoisotopic (exact) mass is 422 g/mol. The number of Topliss-reactive ketones (excluding diaryl/α,β-unsaturated/α-hetero) is 1. The predicted octanol–water partition coefficient (Wildman–Crippen LogP) is 3.50. The van der Waals surface area contributed by atoms with Crippen LogP contribution in [0.4, 0.5) is 5.69 Å². The van der Waals surface area contributed by atoms with Crippen molar-refractivity contribution < 1.29 is 24.4 Å². The van der Waals surface area contributed by atoms with Gasteiger partial charge in [0.05, 0.1) is 28.2 Å². The van der Waals surface area contributed by atoms with Crippen molar-refractivity contribution in [1.29, 1.82) is 0 Å². The number of hydrogen-bond acceptors (Lipinski definition) is 6. The molecule has 0 spiro atoms. The number of benzene rings is 2. The molecule has 4 rings (SSSR count). The molecule has 2 aromatic rings. The Labute approximate surface area is 178 Å². The van der Waals surface area contributed by atoms with E-state index in [0.29, 0.717) is 12.2 Å². The van der Waals surface area contributed by atoms with Crippen molar-refractivity contribution >= 4 is 23.1 Å². The zero-order valence-electron chi connectivity index (χ0n) is 17.0. The van der Waals surface area contributed by atoms with E-state index in [1.54, 1.807) is 30.3 Å². The number of carbonyl (C=O) groups excluding carboxylic acids is 2. The quantitative estimate of drug-likeness (QED) is 0.260. The Kier molecular flexibility index (Phi) is 5.56. The molecule has 0 bridgehead atoms. The second-order valence-electron chi connectivity index (χ2n) is 7.77. The van der Waals surface area contributed by atoms with Crippen LogP contribution >= 0.6 is 0 Å². The highest BCUT2D eigenvalue weighted by atomic mass is 16.6.